The van der Waals surface area contributed by atoms with Crippen LogP contribution in [0, 0.1) is 6.92 Å². The summed E-state index contributed by atoms with van der Waals surface area (Å²) < 4.78 is 0. The van der Waals surface area contributed by atoms with E-state index in [2.05, 4.69) is 25.2 Å². The van der Waals surface area contributed by atoms with Crippen LogP contribution in [0.25, 0.3) is 0 Å². The Bertz CT molecular complexity index is 333. The minimum absolute atomic E-state index is 0.549. The molecule has 0 saturated carbocycles. The summed E-state index contributed by atoms with van der Waals surface area (Å²) in [5.41, 5.74) is 3.76. The molecule has 0 saturated heterocycles. The molecule has 0 aliphatic carbocycles. The van der Waals surface area contributed by atoms with Crippen LogP contribution in [0.3, 0.4) is 0 Å². The second-order valence-electron chi connectivity index (χ2n) is 3.86. The van der Waals surface area contributed by atoms with Crippen molar-refractivity contribution in [2.45, 2.75) is 32.7 Å². The fraction of sp³-hybridized carbons (Fsp3) is 0.455. The summed E-state index contributed by atoms with van der Waals surface area (Å²) in [4.78, 5) is 0. The number of aryl methyl sites for hydroxylation is 2. The SMILES string of the molecule is Cc1cc(Cl)c2c(c1)CCC(C)N2. The van der Waals surface area contributed by atoms with Gasteiger partial charge in [0.05, 0.1) is 10.7 Å². The molecular weight excluding hydrogens is 182 g/mol. The van der Waals surface area contributed by atoms with Gasteiger partial charge in [0, 0.05) is 6.04 Å². The average molecular weight is 196 g/mol. The number of rotatable bonds is 0. The van der Waals surface area contributed by atoms with Crippen LogP contribution in [0.5, 0.6) is 0 Å². The van der Waals surface area contributed by atoms with E-state index in [1.165, 1.54) is 17.5 Å². The Hall–Kier alpha value is -0.690. The van der Waals surface area contributed by atoms with Gasteiger partial charge in [-0.3, -0.25) is 0 Å². The van der Waals surface area contributed by atoms with E-state index in [1.54, 1.807) is 0 Å². The van der Waals surface area contributed by atoms with Crippen molar-refractivity contribution in [1.29, 1.82) is 0 Å². The molecule has 0 spiro atoms. The third kappa shape index (κ3) is 1.66. The Kier molecular flexibility index (Phi) is 2.20. The smallest absolute Gasteiger partial charge is 0.0643 e. The normalized spacial score (nSPS) is 20.7. The van der Waals surface area contributed by atoms with Crippen molar-refractivity contribution in [2.75, 3.05) is 5.32 Å². The van der Waals surface area contributed by atoms with E-state index in [0.717, 1.165) is 17.1 Å². The van der Waals surface area contributed by atoms with Crippen LogP contribution in [0.1, 0.15) is 24.5 Å². The number of anilines is 1. The standard InChI is InChI=1S/C11H14ClN/c1-7-5-9-4-3-8(2)13-11(9)10(12)6-7/h5-6,8,13H,3-4H2,1-2H3. The minimum atomic E-state index is 0.549. The van der Waals surface area contributed by atoms with Gasteiger partial charge in [-0.1, -0.05) is 17.7 Å². The summed E-state index contributed by atoms with van der Waals surface area (Å²) in [5.74, 6) is 0. The number of halogens is 1. The molecule has 1 heterocycles. The quantitative estimate of drug-likeness (QED) is 0.669. The molecule has 1 aliphatic rings. The van der Waals surface area contributed by atoms with Crippen LogP contribution < -0.4 is 5.32 Å². The van der Waals surface area contributed by atoms with E-state index in [9.17, 15) is 0 Å². The summed E-state index contributed by atoms with van der Waals surface area (Å²) in [5, 5.41) is 4.29. The monoisotopic (exact) mass is 195 g/mol. The van der Waals surface area contributed by atoms with E-state index in [1.807, 2.05) is 6.07 Å². The lowest BCUT2D eigenvalue weighted by molar-refractivity contribution is 0.680. The Morgan fingerprint density at radius 1 is 1.46 bits per heavy atom. The third-order valence-electron chi connectivity index (χ3n) is 2.55. The van der Waals surface area contributed by atoms with Gasteiger partial charge in [-0.15, -0.1) is 0 Å². The fourth-order valence-corrected chi connectivity index (χ4v) is 2.21. The van der Waals surface area contributed by atoms with Gasteiger partial charge >= 0.3 is 0 Å². The lowest BCUT2D eigenvalue weighted by Crippen LogP contribution is -2.22. The average Bonchev–Trinajstić information content (AvgIpc) is 2.06. The van der Waals surface area contributed by atoms with Crippen LogP contribution in [-0.2, 0) is 6.42 Å². The van der Waals surface area contributed by atoms with Gasteiger partial charge in [-0.2, -0.15) is 0 Å². The molecule has 70 valence electrons. The van der Waals surface area contributed by atoms with Crippen molar-refractivity contribution in [1.82, 2.24) is 0 Å². The topological polar surface area (TPSA) is 12.0 Å². The molecule has 0 fully saturated rings. The molecule has 0 radical (unpaired) electrons. The number of benzene rings is 1. The molecule has 1 N–H and O–H groups in total. The first-order chi connectivity index (χ1) is 6.16. The highest BCUT2D eigenvalue weighted by Crippen LogP contribution is 2.32. The summed E-state index contributed by atoms with van der Waals surface area (Å²) in [6.45, 7) is 4.28. The lowest BCUT2D eigenvalue weighted by Gasteiger charge is -2.25. The first-order valence-electron chi connectivity index (χ1n) is 4.72. The van der Waals surface area contributed by atoms with Crippen molar-refractivity contribution in [3.63, 3.8) is 0 Å². The van der Waals surface area contributed by atoms with Crippen molar-refractivity contribution >= 4 is 17.3 Å². The summed E-state index contributed by atoms with van der Waals surface area (Å²) in [7, 11) is 0. The van der Waals surface area contributed by atoms with Crippen molar-refractivity contribution in [2.24, 2.45) is 0 Å². The van der Waals surface area contributed by atoms with Crippen LogP contribution >= 0.6 is 11.6 Å². The Labute approximate surface area is 84.1 Å². The van der Waals surface area contributed by atoms with E-state index in [0.29, 0.717) is 6.04 Å². The largest absolute Gasteiger partial charge is 0.381 e. The van der Waals surface area contributed by atoms with Gasteiger partial charge in [0.2, 0.25) is 0 Å². The Morgan fingerprint density at radius 3 is 3.00 bits per heavy atom. The molecule has 13 heavy (non-hydrogen) atoms. The highest BCUT2D eigenvalue weighted by molar-refractivity contribution is 6.33. The molecule has 2 rings (SSSR count). The Balaban J connectivity index is 2.47. The molecule has 0 aromatic heterocycles. The zero-order valence-electron chi connectivity index (χ0n) is 8.02. The molecule has 2 heteroatoms. The van der Waals surface area contributed by atoms with Crippen molar-refractivity contribution in [3.8, 4) is 0 Å². The van der Waals surface area contributed by atoms with Gasteiger partial charge < -0.3 is 5.32 Å². The zero-order valence-corrected chi connectivity index (χ0v) is 8.78. The zero-order chi connectivity index (χ0) is 9.42. The first kappa shape index (κ1) is 8.89. The molecule has 1 atom stereocenters. The van der Waals surface area contributed by atoms with E-state index in [-0.39, 0.29) is 0 Å². The first-order valence-corrected chi connectivity index (χ1v) is 5.10. The molecule has 1 aromatic carbocycles. The summed E-state index contributed by atoms with van der Waals surface area (Å²) in [6.07, 6.45) is 2.34. The molecule has 1 unspecified atom stereocenters. The van der Waals surface area contributed by atoms with Gasteiger partial charge in [0.25, 0.3) is 0 Å². The van der Waals surface area contributed by atoms with Crippen LogP contribution in [0.2, 0.25) is 5.02 Å². The molecule has 0 amide bonds. The predicted molar refractivity (Wildman–Crippen MR) is 57.6 cm³/mol. The molecule has 0 bridgehead atoms. The lowest BCUT2D eigenvalue weighted by atomic mass is 9.97. The summed E-state index contributed by atoms with van der Waals surface area (Å²) >= 11 is 6.15. The number of hydrogen-bond donors (Lipinski definition) is 1. The second-order valence-corrected chi connectivity index (χ2v) is 4.27. The molecule has 1 aliphatic heterocycles. The maximum Gasteiger partial charge on any atom is 0.0643 e. The van der Waals surface area contributed by atoms with E-state index >= 15 is 0 Å². The molecule has 1 aromatic rings. The highest BCUT2D eigenvalue weighted by atomic mass is 35.5. The minimum Gasteiger partial charge on any atom is -0.381 e. The maximum atomic E-state index is 6.15. The molecule has 1 nitrogen and oxygen atoms in total. The summed E-state index contributed by atoms with van der Waals surface area (Å²) in [6, 6.07) is 4.79. The van der Waals surface area contributed by atoms with Gasteiger partial charge in [-0.05, 0) is 43.9 Å². The van der Waals surface area contributed by atoms with Crippen molar-refractivity contribution in [3.05, 3.63) is 28.3 Å². The van der Waals surface area contributed by atoms with E-state index < -0.39 is 0 Å². The van der Waals surface area contributed by atoms with Crippen LogP contribution in [0.4, 0.5) is 5.69 Å². The van der Waals surface area contributed by atoms with Crippen LogP contribution in [-0.4, -0.2) is 6.04 Å². The van der Waals surface area contributed by atoms with Crippen LogP contribution in [0.15, 0.2) is 12.1 Å². The fourth-order valence-electron chi connectivity index (χ4n) is 1.86. The number of hydrogen-bond acceptors (Lipinski definition) is 1. The van der Waals surface area contributed by atoms with Crippen molar-refractivity contribution < 1.29 is 0 Å². The third-order valence-corrected chi connectivity index (χ3v) is 2.85. The Morgan fingerprint density at radius 2 is 2.23 bits per heavy atom. The van der Waals surface area contributed by atoms with E-state index in [4.69, 9.17) is 11.6 Å². The number of fused-ring (bicyclic) bond motifs is 1. The predicted octanol–water partition coefficient (Wildman–Crippen LogP) is 3.40. The van der Waals surface area contributed by atoms with Gasteiger partial charge in [0.15, 0.2) is 0 Å². The second kappa shape index (κ2) is 3.22. The molecular formula is C11H14ClN. The van der Waals surface area contributed by atoms with Gasteiger partial charge in [-0.25, -0.2) is 0 Å². The maximum absolute atomic E-state index is 6.15. The van der Waals surface area contributed by atoms with Gasteiger partial charge in [0.1, 0.15) is 0 Å². The number of nitrogens with one attached hydrogen (secondary N) is 1. The highest BCUT2D eigenvalue weighted by Gasteiger charge is 2.16.